The van der Waals surface area contributed by atoms with Crippen LogP contribution in [0.3, 0.4) is 0 Å². The smallest absolute Gasteiger partial charge is 0.123 e. The van der Waals surface area contributed by atoms with Crippen LogP contribution in [0.25, 0.3) is 0 Å². The number of benzene rings is 2. The number of hydrogen-bond donors (Lipinski definition) is 0. The molecule has 4 heteroatoms. The zero-order valence-electron chi connectivity index (χ0n) is 9.77. The molecule has 0 aliphatic rings. The molecule has 2 rings (SSSR count). The van der Waals surface area contributed by atoms with Crippen LogP contribution in [0.2, 0.25) is 0 Å². The molecule has 0 heterocycles. The fourth-order valence-corrected chi connectivity index (χ4v) is 2.93. The Kier molecular flexibility index (Phi) is 3.87. The molecule has 0 saturated heterocycles. The standard InChI is InChI=1S/C14H12F2OS/c1-18(17)14(10-2-6-12(15)7-3-10)11-4-8-13(16)9-5-11/h2-9,14H,1H3. The summed E-state index contributed by atoms with van der Waals surface area (Å²) < 4.78 is 37.6. The maximum Gasteiger partial charge on any atom is 0.123 e. The van der Waals surface area contributed by atoms with Gasteiger partial charge in [0.2, 0.25) is 0 Å². The summed E-state index contributed by atoms with van der Waals surface area (Å²) in [6.07, 6.45) is 1.58. The largest absolute Gasteiger partial charge is 0.259 e. The van der Waals surface area contributed by atoms with Crippen molar-refractivity contribution in [3.63, 3.8) is 0 Å². The van der Waals surface area contributed by atoms with Gasteiger partial charge in [0.15, 0.2) is 0 Å². The van der Waals surface area contributed by atoms with E-state index in [4.69, 9.17) is 0 Å². The van der Waals surface area contributed by atoms with Gasteiger partial charge in [-0.05, 0) is 35.4 Å². The second-order valence-corrected chi connectivity index (χ2v) is 5.45. The molecule has 0 amide bonds. The lowest BCUT2D eigenvalue weighted by Crippen LogP contribution is -2.07. The first-order chi connectivity index (χ1) is 8.58. The highest BCUT2D eigenvalue weighted by molar-refractivity contribution is 7.84. The topological polar surface area (TPSA) is 17.1 Å². The summed E-state index contributed by atoms with van der Waals surface area (Å²) in [5, 5.41) is -0.369. The van der Waals surface area contributed by atoms with Crippen LogP contribution in [-0.2, 0) is 10.8 Å². The molecule has 1 atom stereocenters. The van der Waals surface area contributed by atoms with E-state index in [1.54, 1.807) is 30.5 Å². The lowest BCUT2D eigenvalue weighted by molar-refractivity contribution is 0.626. The van der Waals surface area contributed by atoms with Crippen LogP contribution in [0, 0.1) is 11.6 Å². The molecule has 0 aliphatic heterocycles. The molecule has 94 valence electrons. The van der Waals surface area contributed by atoms with Crippen molar-refractivity contribution >= 4 is 10.8 Å². The molecule has 0 N–H and O–H groups in total. The second kappa shape index (κ2) is 5.40. The number of halogens is 2. The van der Waals surface area contributed by atoms with Gasteiger partial charge in [-0.25, -0.2) is 8.78 Å². The first-order valence-electron chi connectivity index (χ1n) is 5.41. The van der Waals surface area contributed by atoms with Crippen molar-refractivity contribution < 1.29 is 13.0 Å². The molecule has 0 radical (unpaired) electrons. The fraction of sp³-hybridized carbons (Fsp3) is 0.143. The van der Waals surface area contributed by atoms with Gasteiger partial charge in [-0.15, -0.1) is 0 Å². The number of rotatable bonds is 3. The van der Waals surface area contributed by atoms with Gasteiger partial charge in [0.1, 0.15) is 11.6 Å². The van der Waals surface area contributed by atoms with E-state index in [-0.39, 0.29) is 16.9 Å². The Balaban J connectivity index is 2.43. The Labute approximate surface area is 107 Å². The molecule has 0 fully saturated rings. The number of hydrogen-bond acceptors (Lipinski definition) is 1. The highest BCUT2D eigenvalue weighted by Crippen LogP contribution is 2.27. The molecule has 1 unspecified atom stereocenters. The summed E-state index contributed by atoms with van der Waals surface area (Å²) >= 11 is 0. The first kappa shape index (κ1) is 12.9. The van der Waals surface area contributed by atoms with Crippen molar-refractivity contribution in [3.8, 4) is 0 Å². The minimum atomic E-state index is -1.16. The second-order valence-electron chi connectivity index (χ2n) is 3.98. The zero-order valence-corrected chi connectivity index (χ0v) is 10.6. The van der Waals surface area contributed by atoms with Crippen LogP contribution >= 0.6 is 0 Å². The van der Waals surface area contributed by atoms with Crippen LogP contribution in [-0.4, -0.2) is 10.5 Å². The lowest BCUT2D eigenvalue weighted by Gasteiger charge is -2.15. The normalized spacial score (nSPS) is 12.7. The van der Waals surface area contributed by atoms with Crippen LogP contribution in [0.15, 0.2) is 48.5 Å². The third-order valence-electron chi connectivity index (χ3n) is 2.68. The molecular formula is C14H12F2OS. The fourth-order valence-electron chi connectivity index (χ4n) is 1.85. The van der Waals surface area contributed by atoms with Gasteiger partial charge < -0.3 is 0 Å². The minimum Gasteiger partial charge on any atom is -0.259 e. The highest BCUT2D eigenvalue weighted by atomic mass is 32.2. The molecule has 2 aromatic carbocycles. The Bertz CT molecular complexity index is 504. The average Bonchev–Trinajstić information content (AvgIpc) is 2.34. The van der Waals surface area contributed by atoms with E-state index in [0.717, 1.165) is 11.1 Å². The summed E-state index contributed by atoms with van der Waals surface area (Å²) in [4.78, 5) is 0. The van der Waals surface area contributed by atoms with Gasteiger partial charge >= 0.3 is 0 Å². The monoisotopic (exact) mass is 266 g/mol. The predicted octanol–water partition coefficient (Wildman–Crippen LogP) is 3.43. The third-order valence-corrected chi connectivity index (χ3v) is 3.89. The lowest BCUT2D eigenvalue weighted by atomic mass is 10.0. The first-order valence-corrected chi connectivity index (χ1v) is 7.03. The Hall–Kier alpha value is -1.55. The van der Waals surface area contributed by atoms with E-state index in [2.05, 4.69) is 0 Å². The van der Waals surface area contributed by atoms with Gasteiger partial charge in [-0.2, -0.15) is 0 Å². The van der Waals surface area contributed by atoms with Gasteiger partial charge in [-0.1, -0.05) is 24.3 Å². The highest BCUT2D eigenvalue weighted by Gasteiger charge is 2.18. The molecule has 0 bridgehead atoms. The summed E-state index contributed by atoms with van der Waals surface area (Å²) in [5.41, 5.74) is 1.51. The maximum absolute atomic E-state index is 12.9. The summed E-state index contributed by atoms with van der Waals surface area (Å²) in [6, 6.07) is 11.7. The summed E-state index contributed by atoms with van der Waals surface area (Å²) in [6.45, 7) is 0. The van der Waals surface area contributed by atoms with E-state index in [1.165, 1.54) is 24.3 Å². The minimum absolute atomic E-state index is 0.335. The van der Waals surface area contributed by atoms with Crippen LogP contribution in [0.4, 0.5) is 8.78 Å². The third kappa shape index (κ3) is 2.82. The van der Waals surface area contributed by atoms with Crippen molar-refractivity contribution in [1.29, 1.82) is 0 Å². The van der Waals surface area contributed by atoms with Crippen molar-refractivity contribution in [2.24, 2.45) is 0 Å². The Morgan fingerprint density at radius 3 is 1.44 bits per heavy atom. The van der Waals surface area contributed by atoms with Gasteiger partial charge in [0.25, 0.3) is 0 Å². The molecule has 0 saturated carbocycles. The van der Waals surface area contributed by atoms with Gasteiger partial charge in [-0.3, -0.25) is 4.21 Å². The molecule has 0 aliphatic carbocycles. The maximum atomic E-state index is 12.9. The molecule has 1 nitrogen and oxygen atoms in total. The quantitative estimate of drug-likeness (QED) is 0.831. The van der Waals surface area contributed by atoms with Gasteiger partial charge in [0, 0.05) is 17.1 Å². The van der Waals surface area contributed by atoms with E-state index < -0.39 is 10.8 Å². The van der Waals surface area contributed by atoms with Crippen molar-refractivity contribution in [2.45, 2.75) is 5.25 Å². The Morgan fingerprint density at radius 1 is 0.833 bits per heavy atom. The predicted molar refractivity (Wildman–Crippen MR) is 68.7 cm³/mol. The van der Waals surface area contributed by atoms with E-state index in [0.29, 0.717) is 0 Å². The van der Waals surface area contributed by atoms with Crippen LogP contribution in [0.5, 0.6) is 0 Å². The van der Waals surface area contributed by atoms with Gasteiger partial charge in [0.05, 0.1) is 5.25 Å². The van der Waals surface area contributed by atoms with E-state index in [1.807, 2.05) is 0 Å². The SMILES string of the molecule is CS(=O)C(c1ccc(F)cc1)c1ccc(F)cc1. The Morgan fingerprint density at radius 2 is 1.17 bits per heavy atom. The molecule has 0 spiro atoms. The van der Waals surface area contributed by atoms with Crippen molar-refractivity contribution in [2.75, 3.05) is 6.26 Å². The van der Waals surface area contributed by atoms with Crippen molar-refractivity contribution in [3.05, 3.63) is 71.3 Å². The zero-order chi connectivity index (χ0) is 13.1. The van der Waals surface area contributed by atoms with Crippen LogP contribution < -0.4 is 0 Å². The summed E-state index contributed by atoms with van der Waals surface area (Å²) in [7, 11) is -1.16. The van der Waals surface area contributed by atoms with E-state index in [9.17, 15) is 13.0 Å². The van der Waals surface area contributed by atoms with Crippen LogP contribution in [0.1, 0.15) is 16.4 Å². The van der Waals surface area contributed by atoms with Crippen molar-refractivity contribution in [1.82, 2.24) is 0 Å². The molecular weight excluding hydrogens is 254 g/mol. The van der Waals surface area contributed by atoms with E-state index >= 15 is 0 Å². The summed E-state index contributed by atoms with van der Waals surface area (Å²) in [5.74, 6) is -0.669. The molecule has 2 aromatic rings. The average molecular weight is 266 g/mol. The molecule has 18 heavy (non-hydrogen) atoms. The molecule has 0 aromatic heterocycles.